The number of nitriles is 2. The van der Waals surface area contributed by atoms with Crippen molar-refractivity contribution in [3.8, 4) is 29.1 Å². The van der Waals surface area contributed by atoms with Gasteiger partial charge in [-0.15, -0.1) is 11.8 Å². The Balaban J connectivity index is 1.86. The lowest BCUT2D eigenvalue weighted by atomic mass is 9.52. The minimum absolute atomic E-state index is 0.0882. The van der Waals surface area contributed by atoms with E-state index in [2.05, 4.69) is 27.4 Å². The van der Waals surface area contributed by atoms with E-state index in [0.717, 1.165) is 5.75 Å². The normalized spacial score (nSPS) is 13.6. The van der Waals surface area contributed by atoms with Gasteiger partial charge in [-0.2, -0.15) is 10.5 Å². The largest absolute Gasteiger partial charge is 0.490 e. The number of pyridine rings is 2. The number of ether oxygens (including phenoxy) is 3. The number of anilines is 1. The summed E-state index contributed by atoms with van der Waals surface area (Å²) >= 11 is 1.47. The van der Waals surface area contributed by atoms with Gasteiger partial charge in [0.2, 0.25) is 0 Å². The average Bonchev–Trinajstić information content (AvgIpc) is 2.74. The van der Waals surface area contributed by atoms with E-state index in [0.29, 0.717) is 52.5 Å². The first-order valence-corrected chi connectivity index (χ1v) is 10.7. The van der Waals surface area contributed by atoms with Gasteiger partial charge in [-0.05, 0) is 17.4 Å². The molecule has 1 aliphatic heterocycles. The highest BCUT2D eigenvalue weighted by Gasteiger charge is 2.24. The fourth-order valence-electron chi connectivity index (χ4n) is 2.89. The van der Waals surface area contributed by atoms with Crippen LogP contribution in [0.25, 0.3) is 11.3 Å². The summed E-state index contributed by atoms with van der Waals surface area (Å²) in [5.74, 6) is 2.05. The summed E-state index contributed by atoms with van der Waals surface area (Å²) in [7, 11) is 17.7. The molecule has 2 aromatic heterocycles. The van der Waals surface area contributed by atoms with Crippen LogP contribution in [-0.2, 0) is 9.47 Å². The first-order chi connectivity index (χ1) is 15.4. The topological polar surface area (TPSA) is 113 Å². The molecule has 1 aliphatic rings. The molecule has 1 saturated heterocycles. The average molecular weight is 441 g/mol. The first kappa shape index (κ1) is 24.0. The van der Waals surface area contributed by atoms with Crippen LogP contribution in [0, 0.1) is 28.6 Å². The maximum atomic E-state index is 9.89. The van der Waals surface area contributed by atoms with Gasteiger partial charge < -0.3 is 19.5 Å². The van der Waals surface area contributed by atoms with Crippen LogP contribution in [0.5, 0.6) is 5.75 Å². The fraction of sp³-hybridized carbons (Fsp3) is 0.400. The second kappa shape index (κ2) is 10.8. The Morgan fingerprint density at radius 3 is 2.50 bits per heavy atom. The van der Waals surface area contributed by atoms with Crippen LogP contribution < -0.4 is 10.1 Å². The summed E-state index contributed by atoms with van der Waals surface area (Å²) in [6.45, 7) is 1.65. The van der Waals surface area contributed by atoms with Crippen molar-refractivity contribution < 1.29 is 14.2 Å². The highest BCUT2D eigenvalue weighted by Crippen LogP contribution is 2.37. The van der Waals surface area contributed by atoms with Gasteiger partial charge in [0.05, 0.1) is 60.8 Å². The molecule has 6 radical (unpaired) electrons. The van der Waals surface area contributed by atoms with E-state index < -0.39 is 5.30 Å². The van der Waals surface area contributed by atoms with Gasteiger partial charge in [0.25, 0.3) is 0 Å². The summed E-state index contributed by atoms with van der Waals surface area (Å²) in [4.78, 5) is 8.91. The lowest BCUT2D eigenvalue weighted by Crippen LogP contribution is -2.35. The standard InChI is InChI=1S/C20H18B3N5O3S/c1-26-18-14(6-24)17(15(7-25)19(28-18)32-11-12-9-29-10-12)16-3-2-13(8-27-16)30-4-5-31-20(21,22)23/h2-3,8,12H,4-5,9-11H2,1H3,(H,26,28). The van der Waals surface area contributed by atoms with Crippen molar-refractivity contribution in [1.82, 2.24) is 9.97 Å². The van der Waals surface area contributed by atoms with Gasteiger partial charge in [0.1, 0.15) is 40.9 Å². The van der Waals surface area contributed by atoms with Gasteiger partial charge in [-0.3, -0.25) is 4.98 Å². The zero-order valence-electron chi connectivity index (χ0n) is 17.5. The van der Waals surface area contributed by atoms with Crippen molar-refractivity contribution >= 4 is 41.1 Å². The molecule has 156 valence electrons. The lowest BCUT2D eigenvalue weighted by molar-refractivity contribution is -0.0196. The summed E-state index contributed by atoms with van der Waals surface area (Å²) in [5.41, 5.74) is 1.45. The van der Waals surface area contributed by atoms with E-state index in [4.69, 9.17) is 37.7 Å². The van der Waals surface area contributed by atoms with Gasteiger partial charge in [0, 0.05) is 24.3 Å². The molecule has 0 atom stereocenters. The van der Waals surface area contributed by atoms with E-state index in [9.17, 15) is 10.5 Å². The molecular formula is C20H18B3N5O3S. The summed E-state index contributed by atoms with van der Waals surface area (Å²) in [5, 5.41) is 21.4. The molecule has 0 amide bonds. The molecule has 3 heterocycles. The van der Waals surface area contributed by atoms with Crippen molar-refractivity contribution in [2.75, 3.05) is 44.5 Å². The maximum Gasteiger partial charge on any atom is 0.145 e. The predicted molar refractivity (Wildman–Crippen MR) is 123 cm³/mol. The third-order valence-corrected chi connectivity index (χ3v) is 5.69. The van der Waals surface area contributed by atoms with Crippen LogP contribution in [0.3, 0.4) is 0 Å². The molecule has 8 nitrogen and oxygen atoms in total. The lowest BCUT2D eigenvalue weighted by Gasteiger charge is -2.25. The molecule has 1 N–H and O–H groups in total. The Kier molecular flexibility index (Phi) is 8.08. The fourth-order valence-corrected chi connectivity index (χ4v) is 3.92. The minimum atomic E-state index is -1.72. The Bertz CT molecular complexity index is 1030. The van der Waals surface area contributed by atoms with E-state index in [1.807, 2.05) is 0 Å². The zero-order chi connectivity index (χ0) is 23.1. The van der Waals surface area contributed by atoms with Crippen LogP contribution >= 0.6 is 11.8 Å². The number of hydrogen-bond acceptors (Lipinski definition) is 9. The highest BCUT2D eigenvalue weighted by atomic mass is 32.2. The Hall–Kier alpha value is -2.66. The van der Waals surface area contributed by atoms with E-state index in [-0.39, 0.29) is 18.8 Å². The number of rotatable bonds is 10. The quantitative estimate of drug-likeness (QED) is 0.330. The maximum absolute atomic E-state index is 9.89. The summed E-state index contributed by atoms with van der Waals surface area (Å²) < 4.78 is 15.7. The Morgan fingerprint density at radius 2 is 1.97 bits per heavy atom. The number of hydrogen-bond donors (Lipinski definition) is 1. The van der Waals surface area contributed by atoms with E-state index in [1.54, 1.807) is 19.2 Å². The smallest absolute Gasteiger partial charge is 0.145 e. The second-order valence-electron chi connectivity index (χ2n) is 7.01. The van der Waals surface area contributed by atoms with E-state index >= 15 is 0 Å². The monoisotopic (exact) mass is 441 g/mol. The molecule has 0 aromatic carbocycles. The third-order valence-electron chi connectivity index (χ3n) is 4.48. The van der Waals surface area contributed by atoms with Gasteiger partial charge in [0.15, 0.2) is 0 Å². The van der Waals surface area contributed by atoms with Crippen LogP contribution in [0.15, 0.2) is 23.4 Å². The molecule has 0 spiro atoms. The predicted octanol–water partition coefficient (Wildman–Crippen LogP) is 1.18. The molecule has 0 saturated carbocycles. The summed E-state index contributed by atoms with van der Waals surface area (Å²) in [6.07, 6.45) is 1.50. The number of nitrogens with one attached hydrogen (secondary N) is 1. The van der Waals surface area contributed by atoms with Crippen molar-refractivity contribution in [3.63, 3.8) is 0 Å². The Labute approximate surface area is 195 Å². The van der Waals surface area contributed by atoms with E-state index in [1.165, 1.54) is 18.0 Å². The molecule has 0 bridgehead atoms. The van der Waals surface area contributed by atoms with Crippen LogP contribution in [-0.4, -0.2) is 78.0 Å². The van der Waals surface area contributed by atoms with Gasteiger partial charge >= 0.3 is 0 Å². The van der Waals surface area contributed by atoms with Crippen molar-refractivity contribution in [1.29, 1.82) is 10.5 Å². The molecule has 2 aromatic rings. The van der Waals surface area contributed by atoms with Crippen LogP contribution in [0.1, 0.15) is 11.1 Å². The molecule has 1 fully saturated rings. The zero-order valence-corrected chi connectivity index (χ0v) is 18.3. The summed E-state index contributed by atoms with van der Waals surface area (Å²) in [6, 6.07) is 7.71. The van der Waals surface area contributed by atoms with Gasteiger partial charge in [-0.25, -0.2) is 4.98 Å². The molecule has 32 heavy (non-hydrogen) atoms. The van der Waals surface area contributed by atoms with Crippen molar-refractivity contribution in [3.05, 3.63) is 29.5 Å². The van der Waals surface area contributed by atoms with Crippen LogP contribution in [0.4, 0.5) is 5.82 Å². The van der Waals surface area contributed by atoms with Crippen LogP contribution in [0.2, 0.25) is 0 Å². The van der Waals surface area contributed by atoms with Gasteiger partial charge in [-0.1, -0.05) is 0 Å². The second-order valence-corrected chi connectivity index (χ2v) is 8.02. The first-order valence-electron chi connectivity index (χ1n) is 9.72. The molecule has 0 unspecified atom stereocenters. The minimum Gasteiger partial charge on any atom is -0.490 e. The number of nitrogens with zero attached hydrogens (tertiary/aromatic N) is 4. The molecule has 0 aliphatic carbocycles. The highest BCUT2D eigenvalue weighted by molar-refractivity contribution is 7.99. The number of thioether (sulfide) groups is 1. The molecule has 12 heteroatoms. The van der Waals surface area contributed by atoms with Crippen molar-refractivity contribution in [2.45, 2.75) is 10.3 Å². The number of aromatic nitrogens is 2. The van der Waals surface area contributed by atoms with Crippen molar-refractivity contribution in [2.24, 2.45) is 5.92 Å². The Morgan fingerprint density at radius 1 is 1.22 bits per heavy atom. The third kappa shape index (κ3) is 5.98. The molecule has 3 rings (SSSR count). The molecular weight excluding hydrogens is 423 g/mol. The SMILES string of the molecule is [B]C([B])([B])OCCOc1ccc(-c2c(C#N)c(NC)nc(SCC3COC3)c2C#N)nc1.